The van der Waals surface area contributed by atoms with Crippen molar-refractivity contribution in [3.05, 3.63) is 23.8 Å². The van der Waals surface area contributed by atoms with Gasteiger partial charge >= 0.3 is 0 Å². The van der Waals surface area contributed by atoms with E-state index in [0.717, 1.165) is 0 Å². The molecule has 0 spiro atoms. The van der Waals surface area contributed by atoms with E-state index in [1.807, 2.05) is 0 Å². The predicted molar refractivity (Wildman–Crippen MR) is 47.8 cm³/mol. The number of hydrogen-bond acceptors (Lipinski definition) is 4. The van der Waals surface area contributed by atoms with Crippen LogP contribution in [0.15, 0.2) is 18.2 Å². The molecule has 13 heavy (non-hydrogen) atoms. The van der Waals surface area contributed by atoms with Crippen LogP contribution in [0.4, 0.5) is 0 Å². The van der Waals surface area contributed by atoms with Crippen molar-refractivity contribution in [2.24, 2.45) is 5.73 Å². The highest BCUT2D eigenvalue weighted by molar-refractivity contribution is 6.01. The number of ketones is 1. The van der Waals surface area contributed by atoms with Gasteiger partial charge in [-0.15, -0.1) is 0 Å². The zero-order valence-electron chi connectivity index (χ0n) is 7.03. The summed E-state index contributed by atoms with van der Waals surface area (Å²) in [7, 11) is 0. The Kier molecular flexibility index (Phi) is 2.87. The highest BCUT2D eigenvalue weighted by Crippen LogP contribution is 2.27. The Balaban J connectivity index is 3.05. The fourth-order valence-electron chi connectivity index (χ4n) is 1.07. The van der Waals surface area contributed by atoms with E-state index >= 15 is 0 Å². The molecule has 0 aliphatic carbocycles. The second kappa shape index (κ2) is 3.91. The average molecular weight is 181 g/mol. The fraction of sp³-hybridized carbons (Fsp3) is 0.222. The van der Waals surface area contributed by atoms with Gasteiger partial charge in [-0.1, -0.05) is 6.07 Å². The quantitative estimate of drug-likeness (QED) is 0.597. The summed E-state index contributed by atoms with van der Waals surface area (Å²) in [5.41, 5.74) is 5.13. The maximum Gasteiger partial charge on any atom is 0.171 e. The number of rotatable bonds is 3. The molecule has 0 atom stereocenters. The van der Waals surface area contributed by atoms with Gasteiger partial charge in [0.15, 0.2) is 5.78 Å². The summed E-state index contributed by atoms with van der Waals surface area (Å²) in [4.78, 5) is 11.3. The number of Topliss-reactive ketones (excluding diaryl/α,β-unsaturated/α-hetero) is 1. The Morgan fingerprint density at radius 2 is 1.85 bits per heavy atom. The smallest absolute Gasteiger partial charge is 0.171 e. The van der Waals surface area contributed by atoms with Gasteiger partial charge in [-0.3, -0.25) is 4.79 Å². The van der Waals surface area contributed by atoms with Crippen LogP contribution < -0.4 is 5.73 Å². The summed E-state index contributed by atoms with van der Waals surface area (Å²) >= 11 is 0. The number of nitrogens with two attached hydrogens (primary N) is 1. The van der Waals surface area contributed by atoms with Gasteiger partial charge < -0.3 is 15.9 Å². The number of aromatic hydroxyl groups is 2. The molecule has 0 heterocycles. The number of carbonyl (C=O) groups excluding carboxylic acids is 1. The molecule has 4 heteroatoms. The molecule has 0 aliphatic rings. The summed E-state index contributed by atoms with van der Waals surface area (Å²) in [5.74, 6) is -0.769. The van der Waals surface area contributed by atoms with Crippen molar-refractivity contribution in [3.63, 3.8) is 0 Å². The second-order valence-corrected chi connectivity index (χ2v) is 2.63. The highest BCUT2D eigenvalue weighted by Gasteiger charge is 2.14. The molecule has 1 rings (SSSR count). The van der Waals surface area contributed by atoms with Crippen LogP contribution in [-0.2, 0) is 0 Å². The summed E-state index contributed by atoms with van der Waals surface area (Å²) in [5, 5.41) is 18.5. The second-order valence-electron chi connectivity index (χ2n) is 2.63. The van der Waals surface area contributed by atoms with Crippen LogP contribution in [0.3, 0.4) is 0 Å². The van der Waals surface area contributed by atoms with Crippen molar-refractivity contribution in [2.75, 3.05) is 6.54 Å². The molecule has 0 aromatic heterocycles. The molecule has 0 aliphatic heterocycles. The zero-order valence-corrected chi connectivity index (χ0v) is 7.03. The molecule has 0 radical (unpaired) electrons. The first kappa shape index (κ1) is 9.54. The first-order valence-corrected chi connectivity index (χ1v) is 3.91. The highest BCUT2D eigenvalue weighted by atomic mass is 16.3. The van der Waals surface area contributed by atoms with E-state index in [-0.39, 0.29) is 35.8 Å². The number of benzene rings is 1. The maximum absolute atomic E-state index is 11.3. The Labute approximate surface area is 75.6 Å². The summed E-state index contributed by atoms with van der Waals surface area (Å²) in [6, 6.07) is 4.16. The van der Waals surface area contributed by atoms with Crippen molar-refractivity contribution in [3.8, 4) is 11.5 Å². The molecule has 0 fully saturated rings. The van der Waals surface area contributed by atoms with Crippen LogP contribution >= 0.6 is 0 Å². The van der Waals surface area contributed by atoms with E-state index in [4.69, 9.17) is 5.73 Å². The van der Waals surface area contributed by atoms with E-state index in [1.165, 1.54) is 18.2 Å². The number of hydrogen-bond donors (Lipinski definition) is 3. The molecule has 4 N–H and O–H groups in total. The lowest BCUT2D eigenvalue weighted by Gasteiger charge is -2.04. The number of phenolic OH excluding ortho intramolecular Hbond substituents is 2. The Morgan fingerprint density at radius 1 is 1.31 bits per heavy atom. The number of carbonyl (C=O) groups is 1. The molecule has 1 aromatic carbocycles. The minimum atomic E-state index is -0.349. The summed E-state index contributed by atoms with van der Waals surface area (Å²) in [6.07, 6.45) is 0.116. The van der Waals surface area contributed by atoms with Crippen LogP contribution in [0.2, 0.25) is 0 Å². The van der Waals surface area contributed by atoms with Crippen molar-refractivity contribution in [1.82, 2.24) is 0 Å². The first-order valence-electron chi connectivity index (χ1n) is 3.91. The molecular weight excluding hydrogens is 170 g/mol. The van der Waals surface area contributed by atoms with Crippen molar-refractivity contribution in [2.45, 2.75) is 6.42 Å². The minimum absolute atomic E-state index is 0.0482. The third-order valence-electron chi connectivity index (χ3n) is 1.67. The largest absolute Gasteiger partial charge is 0.507 e. The Morgan fingerprint density at radius 3 is 2.31 bits per heavy atom. The van der Waals surface area contributed by atoms with Crippen molar-refractivity contribution in [1.29, 1.82) is 0 Å². The molecule has 0 saturated carbocycles. The van der Waals surface area contributed by atoms with Crippen LogP contribution in [0, 0.1) is 0 Å². The van der Waals surface area contributed by atoms with Gasteiger partial charge in [-0.05, 0) is 18.7 Å². The number of phenols is 2. The van der Waals surface area contributed by atoms with Crippen LogP contribution in [0.5, 0.6) is 11.5 Å². The molecule has 1 aromatic rings. The van der Waals surface area contributed by atoms with Crippen molar-refractivity contribution >= 4 is 5.78 Å². The lowest BCUT2D eigenvalue weighted by Crippen LogP contribution is -2.08. The zero-order chi connectivity index (χ0) is 9.84. The third-order valence-corrected chi connectivity index (χ3v) is 1.67. The van der Waals surface area contributed by atoms with Gasteiger partial charge in [-0.25, -0.2) is 0 Å². The van der Waals surface area contributed by atoms with Crippen molar-refractivity contribution < 1.29 is 15.0 Å². The standard InChI is InChI=1S/C9H11NO3/c10-5-4-8(13)9-6(11)2-1-3-7(9)12/h1-3,11-12H,4-5,10H2. The van der Waals surface area contributed by atoms with E-state index in [2.05, 4.69) is 0 Å². The summed E-state index contributed by atoms with van der Waals surface area (Å²) < 4.78 is 0. The third kappa shape index (κ3) is 1.97. The molecule has 70 valence electrons. The molecule has 0 saturated heterocycles. The van der Waals surface area contributed by atoms with E-state index in [1.54, 1.807) is 0 Å². The monoisotopic (exact) mass is 181 g/mol. The fourth-order valence-corrected chi connectivity index (χ4v) is 1.07. The molecule has 0 amide bonds. The normalized spacial score (nSPS) is 9.92. The first-order chi connectivity index (χ1) is 6.16. The van der Waals surface area contributed by atoms with Gasteiger partial charge in [-0.2, -0.15) is 0 Å². The van der Waals surface area contributed by atoms with Gasteiger partial charge in [0.05, 0.1) is 0 Å². The maximum atomic E-state index is 11.3. The minimum Gasteiger partial charge on any atom is -0.507 e. The average Bonchev–Trinajstić information content (AvgIpc) is 2.04. The molecule has 0 bridgehead atoms. The molecular formula is C9H11NO3. The lowest BCUT2D eigenvalue weighted by molar-refractivity contribution is 0.0980. The lowest BCUT2D eigenvalue weighted by atomic mass is 10.1. The van der Waals surface area contributed by atoms with Gasteiger partial charge in [0.2, 0.25) is 0 Å². The Bertz CT molecular complexity index is 302. The molecule has 4 nitrogen and oxygen atoms in total. The SMILES string of the molecule is NCCC(=O)c1c(O)cccc1O. The topological polar surface area (TPSA) is 83.6 Å². The van der Waals surface area contributed by atoms with Gasteiger partial charge in [0, 0.05) is 6.42 Å². The van der Waals surface area contributed by atoms with E-state index in [0.29, 0.717) is 0 Å². The molecule has 0 unspecified atom stereocenters. The van der Waals surface area contributed by atoms with Crippen LogP contribution in [0.25, 0.3) is 0 Å². The van der Waals surface area contributed by atoms with Gasteiger partial charge in [0.1, 0.15) is 17.1 Å². The van der Waals surface area contributed by atoms with E-state index in [9.17, 15) is 15.0 Å². The van der Waals surface area contributed by atoms with E-state index < -0.39 is 0 Å². The van der Waals surface area contributed by atoms with Crippen LogP contribution in [-0.4, -0.2) is 22.5 Å². The predicted octanol–water partition coefficient (Wildman–Crippen LogP) is 0.629. The van der Waals surface area contributed by atoms with Gasteiger partial charge in [0.25, 0.3) is 0 Å². The Hall–Kier alpha value is -1.55. The van der Waals surface area contributed by atoms with Crippen LogP contribution in [0.1, 0.15) is 16.8 Å². The summed E-state index contributed by atoms with van der Waals surface area (Å²) in [6.45, 7) is 0.201.